The number of fused-ring (bicyclic) bond motifs is 1. The molecule has 1 saturated carbocycles. The van der Waals surface area contributed by atoms with E-state index in [0.717, 1.165) is 41.5 Å². The summed E-state index contributed by atoms with van der Waals surface area (Å²) in [4.78, 5) is 9.80. The molecule has 4 nitrogen and oxygen atoms in total. The Labute approximate surface area is 119 Å². The molecule has 2 aliphatic rings. The Hall–Kier alpha value is -1.81. The lowest BCUT2D eigenvalue weighted by atomic mass is 10.2. The molecular formula is C16H20N4. The van der Waals surface area contributed by atoms with Crippen molar-refractivity contribution < 1.29 is 0 Å². The zero-order valence-electron chi connectivity index (χ0n) is 11.6. The number of hydrogen-bond donors (Lipinski definition) is 1. The Balaban J connectivity index is 1.54. The van der Waals surface area contributed by atoms with Crippen LogP contribution in [0.4, 0.5) is 11.5 Å². The summed E-state index contributed by atoms with van der Waals surface area (Å²) >= 11 is 0. The Morgan fingerprint density at radius 3 is 2.55 bits per heavy atom. The van der Waals surface area contributed by atoms with Gasteiger partial charge in [-0.25, -0.2) is 4.98 Å². The van der Waals surface area contributed by atoms with Gasteiger partial charge < -0.3 is 10.6 Å². The third-order valence-electron chi connectivity index (χ3n) is 4.40. The Kier molecular flexibility index (Phi) is 2.77. The Morgan fingerprint density at radius 1 is 1.00 bits per heavy atom. The summed E-state index contributed by atoms with van der Waals surface area (Å²) in [5.74, 6) is 1.10. The minimum atomic E-state index is 0.796. The van der Waals surface area contributed by atoms with E-state index in [1.54, 1.807) is 0 Å². The van der Waals surface area contributed by atoms with Crippen LogP contribution in [0.3, 0.4) is 0 Å². The van der Waals surface area contributed by atoms with Crippen molar-refractivity contribution in [1.82, 2.24) is 9.88 Å². The lowest BCUT2D eigenvalue weighted by Gasteiger charge is -2.35. The number of nitrogen functional groups attached to an aromatic ring is 1. The van der Waals surface area contributed by atoms with E-state index in [0.29, 0.717) is 0 Å². The lowest BCUT2D eigenvalue weighted by Crippen LogP contribution is -2.47. The van der Waals surface area contributed by atoms with Crippen LogP contribution in [0.25, 0.3) is 10.9 Å². The monoisotopic (exact) mass is 268 g/mol. The Morgan fingerprint density at radius 2 is 1.80 bits per heavy atom. The molecule has 0 radical (unpaired) electrons. The largest absolute Gasteiger partial charge is 0.399 e. The molecule has 1 aliphatic heterocycles. The van der Waals surface area contributed by atoms with Gasteiger partial charge >= 0.3 is 0 Å². The quantitative estimate of drug-likeness (QED) is 0.847. The average molecular weight is 268 g/mol. The number of rotatable bonds is 2. The van der Waals surface area contributed by atoms with Gasteiger partial charge in [-0.2, -0.15) is 0 Å². The summed E-state index contributed by atoms with van der Waals surface area (Å²) in [6.45, 7) is 4.52. The molecule has 1 aromatic carbocycles. The molecule has 104 valence electrons. The number of pyridine rings is 1. The fraction of sp³-hybridized carbons (Fsp3) is 0.438. The molecule has 2 heterocycles. The van der Waals surface area contributed by atoms with Crippen LogP contribution in [-0.2, 0) is 0 Å². The van der Waals surface area contributed by atoms with Gasteiger partial charge in [0.2, 0.25) is 0 Å². The highest BCUT2D eigenvalue weighted by Crippen LogP contribution is 2.28. The molecular weight excluding hydrogens is 248 g/mol. The zero-order chi connectivity index (χ0) is 13.5. The van der Waals surface area contributed by atoms with E-state index in [1.807, 2.05) is 18.2 Å². The molecule has 1 aliphatic carbocycles. The van der Waals surface area contributed by atoms with Gasteiger partial charge in [-0.05, 0) is 43.2 Å². The van der Waals surface area contributed by atoms with E-state index >= 15 is 0 Å². The van der Waals surface area contributed by atoms with Crippen LogP contribution in [0.2, 0.25) is 0 Å². The van der Waals surface area contributed by atoms with Gasteiger partial charge in [0, 0.05) is 43.3 Å². The standard InChI is InChI=1S/C16H20N4/c17-13-2-5-15-12(11-13)1-6-16(18-15)20-9-7-19(8-10-20)14-3-4-14/h1-2,5-6,11,14H,3-4,7-10,17H2. The smallest absolute Gasteiger partial charge is 0.129 e. The molecule has 2 N–H and O–H groups in total. The van der Waals surface area contributed by atoms with Crippen LogP contribution >= 0.6 is 0 Å². The molecule has 1 saturated heterocycles. The van der Waals surface area contributed by atoms with Gasteiger partial charge in [-0.1, -0.05) is 0 Å². The van der Waals surface area contributed by atoms with Crippen molar-refractivity contribution in [3.05, 3.63) is 30.3 Å². The second-order valence-corrected chi connectivity index (χ2v) is 5.88. The van der Waals surface area contributed by atoms with Gasteiger partial charge in [0.15, 0.2) is 0 Å². The van der Waals surface area contributed by atoms with E-state index in [1.165, 1.54) is 25.9 Å². The molecule has 4 rings (SSSR count). The maximum absolute atomic E-state index is 5.81. The van der Waals surface area contributed by atoms with Crippen LogP contribution < -0.4 is 10.6 Å². The minimum absolute atomic E-state index is 0.796. The van der Waals surface area contributed by atoms with Crippen LogP contribution in [0.1, 0.15) is 12.8 Å². The number of nitrogens with zero attached hydrogens (tertiary/aromatic N) is 3. The number of benzene rings is 1. The van der Waals surface area contributed by atoms with E-state index in [2.05, 4.69) is 21.9 Å². The first kappa shape index (κ1) is 12.0. The van der Waals surface area contributed by atoms with E-state index in [4.69, 9.17) is 10.7 Å². The van der Waals surface area contributed by atoms with E-state index in [9.17, 15) is 0 Å². The SMILES string of the molecule is Nc1ccc2nc(N3CCN(C4CC4)CC3)ccc2c1. The zero-order valence-corrected chi connectivity index (χ0v) is 11.6. The molecule has 2 fully saturated rings. The van der Waals surface area contributed by atoms with Crippen molar-refractivity contribution in [3.8, 4) is 0 Å². The molecule has 0 bridgehead atoms. The van der Waals surface area contributed by atoms with Crippen molar-refractivity contribution in [2.24, 2.45) is 0 Å². The summed E-state index contributed by atoms with van der Waals surface area (Å²) in [6, 6.07) is 11.0. The van der Waals surface area contributed by atoms with Gasteiger partial charge in [0.1, 0.15) is 5.82 Å². The summed E-state index contributed by atoms with van der Waals surface area (Å²) in [5, 5.41) is 1.12. The van der Waals surface area contributed by atoms with Gasteiger partial charge in [-0.3, -0.25) is 4.90 Å². The Bertz CT molecular complexity index is 627. The lowest BCUT2D eigenvalue weighted by molar-refractivity contribution is 0.247. The summed E-state index contributed by atoms with van der Waals surface area (Å²) in [6.07, 6.45) is 2.80. The van der Waals surface area contributed by atoms with Gasteiger partial charge in [0.05, 0.1) is 5.52 Å². The van der Waals surface area contributed by atoms with E-state index in [-0.39, 0.29) is 0 Å². The highest BCUT2D eigenvalue weighted by molar-refractivity contribution is 5.83. The van der Waals surface area contributed by atoms with Crippen LogP contribution in [-0.4, -0.2) is 42.1 Å². The third kappa shape index (κ3) is 2.20. The highest BCUT2D eigenvalue weighted by Gasteiger charge is 2.31. The van der Waals surface area contributed by atoms with Crippen molar-refractivity contribution >= 4 is 22.4 Å². The molecule has 20 heavy (non-hydrogen) atoms. The highest BCUT2D eigenvalue weighted by atomic mass is 15.3. The molecule has 0 amide bonds. The summed E-state index contributed by atoms with van der Waals surface area (Å²) in [7, 11) is 0. The van der Waals surface area contributed by atoms with Crippen molar-refractivity contribution in [2.75, 3.05) is 36.8 Å². The van der Waals surface area contributed by atoms with Crippen LogP contribution in [0.15, 0.2) is 30.3 Å². The fourth-order valence-corrected chi connectivity index (χ4v) is 3.07. The number of piperazine rings is 1. The summed E-state index contributed by atoms with van der Waals surface area (Å²) in [5.41, 5.74) is 7.64. The maximum atomic E-state index is 5.81. The molecule has 0 spiro atoms. The first-order chi connectivity index (χ1) is 9.79. The van der Waals surface area contributed by atoms with Crippen LogP contribution in [0, 0.1) is 0 Å². The van der Waals surface area contributed by atoms with Crippen molar-refractivity contribution in [1.29, 1.82) is 0 Å². The van der Waals surface area contributed by atoms with Gasteiger partial charge in [-0.15, -0.1) is 0 Å². The molecule has 0 unspecified atom stereocenters. The minimum Gasteiger partial charge on any atom is -0.399 e. The summed E-state index contributed by atoms with van der Waals surface area (Å²) < 4.78 is 0. The number of anilines is 2. The number of aromatic nitrogens is 1. The number of hydrogen-bond acceptors (Lipinski definition) is 4. The molecule has 0 atom stereocenters. The van der Waals surface area contributed by atoms with E-state index < -0.39 is 0 Å². The normalized spacial score (nSPS) is 20.5. The second-order valence-electron chi connectivity index (χ2n) is 5.88. The van der Waals surface area contributed by atoms with Crippen molar-refractivity contribution in [2.45, 2.75) is 18.9 Å². The molecule has 4 heteroatoms. The topological polar surface area (TPSA) is 45.4 Å². The predicted molar refractivity (Wildman–Crippen MR) is 83.0 cm³/mol. The second kappa shape index (κ2) is 4.63. The first-order valence-corrected chi connectivity index (χ1v) is 7.45. The average Bonchev–Trinajstić information content (AvgIpc) is 3.32. The van der Waals surface area contributed by atoms with Gasteiger partial charge in [0.25, 0.3) is 0 Å². The predicted octanol–water partition coefficient (Wildman–Crippen LogP) is 2.10. The first-order valence-electron chi connectivity index (χ1n) is 7.45. The third-order valence-corrected chi connectivity index (χ3v) is 4.40. The van der Waals surface area contributed by atoms with Crippen LogP contribution in [0.5, 0.6) is 0 Å². The molecule has 2 aromatic rings. The van der Waals surface area contributed by atoms with Crippen molar-refractivity contribution in [3.63, 3.8) is 0 Å². The fourth-order valence-electron chi connectivity index (χ4n) is 3.07. The number of nitrogens with two attached hydrogens (primary N) is 1. The molecule has 1 aromatic heterocycles. The maximum Gasteiger partial charge on any atom is 0.129 e.